The molecule has 0 fully saturated rings. The summed E-state index contributed by atoms with van der Waals surface area (Å²) in [6.45, 7) is 0. The second-order valence-electron chi connectivity index (χ2n) is 5.21. The normalized spacial score (nSPS) is 11.2. The molecule has 0 radical (unpaired) electrons. The number of pyridine rings is 2. The van der Waals surface area contributed by atoms with Gasteiger partial charge in [0.05, 0.1) is 5.03 Å². The van der Waals surface area contributed by atoms with Crippen LogP contribution in [0.15, 0.2) is 84.2 Å². The molecule has 0 aliphatic carbocycles. The molecule has 0 bridgehead atoms. The second-order valence-corrected chi connectivity index (χ2v) is 6.06. The third-order valence-corrected chi connectivity index (χ3v) is 4.18. The molecule has 3 rings (SSSR count). The minimum Gasteiger partial charge on any atom is -0.335 e. The van der Waals surface area contributed by atoms with Crippen LogP contribution in [0.2, 0.25) is 0 Å². The van der Waals surface area contributed by atoms with Crippen LogP contribution in [0.4, 0.5) is 5.82 Å². The minimum absolute atomic E-state index is 0.142. The number of allylic oxidation sites excluding steroid dienone is 1. The Hall–Kier alpha value is -2.92. The summed E-state index contributed by atoms with van der Waals surface area (Å²) in [5.41, 5.74) is 2.60. The Morgan fingerprint density at radius 1 is 0.960 bits per heavy atom. The van der Waals surface area contributed by atoms with Gasteiger partial charge in [-0.3, -0.25) is 9.78 Å². The van der Waals surface area contributed by atoms with Crippen molar-refractivity contribution in [3.63, 3.8) is 0 Å². The molecule has 0 aliphatic heterocycles. The lowest BCUT2D eigenvalue weighted by Crippen LogP contribution is -2.04. The standard InChI is InChI=1S/C20H17N3OS/c1-25-20(14-18(24)17-9-5-6-11-21-17)23-19-13-16(10-12-22-19)15-7-3-2-4-8-15/h2-14H,1H3,(H,22,23)/b20-14+. The van der Waals surface area contributed by atoms with E-state index in [2.05, 4.69) is 27.4 Å². The number of benzene rings is 1. The van der Waals surface area contributed by atoms with E-state index in [0.29, 0.717) is 16.5 Å². The lowest BCUT2D eigenvalue weighted by Gasteiger charge is -2.09. The summed E-state index contributed by atoms with van der Waals surface area (Å²) in [6, 6.07) is 19.3. The first-order valence-electron chi connectivity index (χ1n) is 7.76. The van der Waals surface area contributed by atoms with E-state index in [1.54, 1.807) is 36.7 Å². The molecule has 3 aromatic rings. The van der Waals surface area contributed by atoms with E-state index < -0.39 is 0 Å². The van der Waals surface area contributed by atoms with E-state index in [4.69, 9.17) is 0 Å². The van der Waals surface area contributed by atoms with Crippen LogP contribution in [0, 0.1) is 0 Å². The predicted molar refractivity (Wildman–Crippen MR) is 103 cm³/mol. The van der Waals surface area contributed by atoms with E-state index in [1.165, 1.54) is 11.8 Å². The number of carbonyl (C=O) groups excluding carboxylic acids is 1. The number of hydrogen-bond acceptors (Lipinski definition) is 5. The Labute approximate surface area is 151 Å². The molecule has 1 N–H and O–H groups in total. The molecule has 124 valence electrons. The van der Waals surface area contributed by atoms with Gasteiger partial charge in [-0.15, -0.1) is 11.8 Å². The first-order valence-corrected chi connectivity index (χ1v) is 8.98. The van der Waals surface area contributed by atoms with Gasteiger partial charge in [0.2, 0.25) is 5.78 Å². The maximum absolute atomic E-state index is 12.3. The monoisotopic (exact) mass is 347 g/mol. The number of hydrogen-bond donors (Lipinski definition) is 1. The molecule has 0 amide bonds. The summed E-state index contributed by atoms with van der Waals surface area (Å²) in [5.74, 6) is 0.549. The molecule has 1 aromatic carbocycles. The summed E-state index contributed by atoms with van der Waals surface area (Å²) in [6.07, 6.45) is 6.82. The summed E-state index contributed by atoms with van der Waals surface area (Å²) >= 11 is 1.45. The van der Waals surface area contributed by atoms with Crippen molar-refractivity contribution in [2.45, 2.75) is 0 Å². The van der Waals surface area contributed by atoms with Crippen LogP contribution in [0.5, 0.6) is 0 Å². The third kappa shape index (κ3) is 4.55. The van der Waals surface area contributed by atoms with E-state index >= 15 is 0 Å². The van der Waals surface area contributed by atoms with Crippen LogP contribution in [0.1, 0.15) is 10.5 Å². The van der Waals surface area contributed by atoms with Crippen LogP contribution in [0.3, 0.4) is 0 Å². The molecule has 0 atom stereocenters. The fourth-order valence-electron chi connectivity index (χ4n) is 2.28. The quantitative estimate of drug-likeness (QED) is 0.520. The van der Waals surface area contributed by atoms with Crippen molar-refractivity contribution in [3.05, 3.63) is 89.9 Å². The van der Waals surface area contributed by atoms with Gasteiger partial charge in [-0.2, -0.15) is 0 Å². The Kier molecular flexibility index (Phi) is 5.59. The summed E-state index contributed by atoms with van der Waals surface area (Å²) in [7, 11) is 0. The lowest BCUT2D eigenvalue weighted by atomic mass is 10.1. The third-order valence-electron chi connectivity index (χ3n) is 3.52. The van der Waals surface area contributed by atoms with E-state index in [-0.39, 0.29) is 5.78 Å². The minimum atomic E-state index is -0.142. The van der Waals surface area contributed by atoms with E-state index in [1.807, 2.05) is 36.6 Å². The number of anilines is 1. The van der Waals surface area contributed by atoms with Crippen LogP contribution >= 0.6 is 11.8 Å². The maximum Gasteiger partial charge on any atom is 0.206 e. The maximum atomic E-state index is 12.3. The number of carbonyl (C=O) groups is 1. The van der Waals surface area contributed by atoms with Gasteiger partial charge in [-0.05, 0) is 41.6 Å². The highest BCUT2D eigenvalue weighted by Crippen LogP contribution is 2.23. The average molecular weight is 347 g/mol. The van der Waals surface area contributed by atoms with Gasteiger partial charge >= 0.3 is 0 Å². The van der Waals surface area contributed by atoms with Crippen LogP contribution < -0.4 is 5.32 Å². The van der Waals surface area contributed by atoms with Crippen molar-refractivity contribution in [2.24, 2.45) is 0 Å². The fourth-order valence-corrected chi connectivity index (χ4v) is 2.71. The number of aromatic nitrogens is 2. The molecule has 2 aromatic heterocycles. The molecule has 0 aliphatic rings. The van der Waals surface area contributed by atoms with E-state index in [0.717, 1.165) is 11.1 Å². The predicted octanol–water partition coefficient (Wildman–Crippen LogP) is 4.64. The first kappa shape index (κ1) is 16.9. The molecule has 25 heavy (non-hydrogen) atoms. The van der Waals surface area contributed by atoms with Gasteiger partial charge in [-0.25, -0.2) is 4.98 Å². The van der Waals surface area contributed by atoms with Crippen LogP contribution in [-0.2, 0) is 0 Å². The number of rotatable bonds is 6. The molecular formula is C20H17N3OS. The molecule has 2 heterocycles. The van der Waals surface area contributed by atoms with Gasteiger partial charge in [-0.1, -0.05) is 36.4 Å². The number of nitrogens with one attached hydrogen (secondary N) is 1. The molecular weight excluding hydrogens is 330 g/mol. The topological polar surface area (TPSA) is 54.9 Å². The number of ketones is 1. The summed E-state index contributed by atoms with van der Waals surface area (Å²) < 4.78 is 0. The number of thioether (sulfide) groups is 1. The molecule has 4 nitrogen and oxygen atoms in total. The Morgan fingerprint density at radius 2 is 1.76 bits per heavy atom. The molecule has 0 saturated carbocycles. The molecule has 0 unspecified atom stereocenters. The highest BCUT2D eigenvalue weighted by molar-refractivity contribution is 8.02. The highest BCUT2D eigenvalue weighted by Gasteiger charge is 2.07. The van der Waals surface area contributed by atoms with Crippen molar-refractivity contribution < 1.29 is 4.79 Å². The first-order chi connectivity index (χ1) is 12.3. The van der Waals surface area contributed by atoms with Crippen molar-refractivity contribution in [2.75, 3.05) is 11.6 Å². The molecule has 0 spiro atoms. The molecule has 5 heteroatoms. The highest BCUT2D eigenvalue weighted by atomic mass is 32.2. The van der Waals surface area contributed by atoms with Crippen LogP contribution in [0.25, 0.3) is 11.1 Å². The summed E-state index contributed by atoms with van der Waals surface area (Å²) in [4.78, 5) is 20.7. The van der Waals surface area contributed by atoms with Gasteiger partial charge < -0.3 is 5.32 Å². The van der Waals surface area contributed by atoms with Crippen molar-refractivity contribution >= 4 is 23.4 Å². The van der Waals surface area contributed by atoms with Crippen molar-refractivity contribution in [1.82, 2.24) is 9.97 Å². The lowest BCUT2D eigenvalue weighted by molar-refractivity contribution is 0.104. The Bertz CT molecular complexity index is 880. The van der Waals surface area contributed by atoms with Gasteiger partial charge in [0, 0.05) is 18.5 Å². The zero-order valence-electron chi connectivity index (χ0n) is 13.7. The van der Waals surface area contributed by atoms with Gasteiger partial charge in [0.1, 0.15) is 11.5 Å². The Morgan fingerprint density at radius 3 is 2.48 bits per heavy atom. The average Bonchev–Trinajstić information content (AvgIpc) is 2.69. The zero-order valence-corrected chi connectivity index (χ0v) is 14.5. The fraction of sp³-hybridized carbons (Fsp3) is 0.0500. The summed E-state index contributed by atoms with van der Waals surface area (Å²) in [5, 5.41) is 3.92. The smallest absolute Gasteiger partial charge is 0.206 e. The van der Waals surface area contributed by atoms with Crippen molar-refractivity contribution in [1.29, 1.82) is 0 Å². The van der Waals surface area contributed by atoms with Crippen LogP contribution in [-0.4, -0.2) is 22.0 Å². The largest absolute Gasteiger partial charge is 0.335 e. The van der Waals surface area contributed by atoms with Crippen molar-refractivity contribution in [3.8, 4) is 11.1 Å². The Balaban J connectivity index is 1.80. The second kappa shape index (κ2) is 8.26. The number of nitrogens with zero attached hydrogens (tertiary/aromatic N) is 2. The SMILES string of the molecule is CS/C(=C/C(=O)c1ccccn1)Nc1cc(-c2ccccc2)ccn1. The van der Waals surface area contributed by atoms with Gasteiger partial charge in [0.25, 0.3) is 0 Å². The van der Waals surface area contributed by atoms with E-state index in [9.17, 15) is 4.79 Å². The molecule has 0 saturated heterocycles. The zero-order chi connectivity index (χ0) is 17.5. The van der Waals surface area contributed by atoms with Gasteiger partial charge in [0.15, 0.2) is 0 Å².